The molecule has 2 aliphatic rings. The second kappa shape index (κ2) is 8.20. The van der Waals surface area contributed by atoms with Crippen LogP contribution in [0.2, 0.25) is 0 Å². The van der Waals surface area contributed by atoms with Crippen LogP contribution in [0, 0.1) is 12.8 Å². The third kappa shape index (κ3) is 3.92. The molecule has 6 nitrogen and oxygen atoms in total. The highest BCUT2D eigenvalue weighted by molar-refractivity contribution is 7.89. The van der Waals surface area contributed by atoms with E-state index < -0.39 is 10.0 Å². The SMILES string of the molecule is Cc1cnc(-c2ccncc2)n1CC1CCCN(S(=O)(=O)c2ccc3c(c2)CCC3)C1. The summed E-state index contributed by atoms with van der Waals surface area (Å²) in [6.07, 6.45) is 10.5. The van der Waals surface area contributed by atoms with Gasteiger partial charge in [-0.2, -0.15) is 4.31 Å². The number of fused-ring (bicyclic) bond motifs is 1. The summed E-state index contributed by atoms with van der Waals surface area (Å²) in [5.74, 6) is 1.17. The minimum absolute atomic E-state index is 0.256. The Hall–Kier alpha value is -2.51. The maximum Gasteiger partial charge on any atom is 0.243 e. The average molecular weight is 437 g/mol. The smallest absolute Gasteiger partial charge is 0.243 e. The van der Waals surface area contributed by atoms with Gasteiger partial charge in [-0.15, -0.1) is 0 Å². The zero-order valence-corrected chi connectivity index (χ0v) is 18.7. The summed E-state index contributed by atoms with van der Waals surface area (Å²) in [7, 11) is -3.47. The molecule has 162 valence electrons. The van der Waals surface area contributed by atoms with Gasteiger partial charge in [-0.3, -0.25) is 4.98 Å². The highest BCUT2D eigenvalue weighted by atomic mass is 32.2. The monoisotopic (exact) mass is 436 g/mol. The molecule has 3 aromatic rings. The first kappa shape index (κ1) is 20.4. The van der Waals surface area contributed by atoms with Gasteiger partial charge in [0.2, 0.25) is 10.0 Å². The molecule has 0 radical (unpaired) electrons. The van der Waals surface area contributed by atoms with Gasteiger partial charge in [0.25, 0.3) is 0 Å². The Morgan fingerprint density at radius 1 is 1.06 bits per heavy atom. The van der Waals surface area contributed by atoms with E-state index in [4.69, 9.17) is 0 Å². The quantitative estimate of drug-likeness (QED) is 0.609. The largest absolute Gasteiger partial charge is 0.328 e. The number of piperidine rings is 1. The van der Waals surface area contributed by atoms with Crippen molar-refractivity contribution in [2.75, 3.05) is 13.1 Å². The van der Waals surface area contributed by atoms with E-state index in [-0.39, 0.29) is 5.92 Å². The van der Waals surface area contributed by atoms with E-state index in [1.807, 2.05) is 30.5 Å². The molecule has 0 spiro atoms. The van der Waals surface area contributed by atoms with Crippen molar-refractivity contribution in [3.8, 4) is 11.4 Å². The van der Waals surface area contributed by atoms with Crippen molar-refractivity contribution in [3.05, 3.63) is 65.7 Å². The first-order valence-corrected chi connectivity index (χ1v) is 12.5. The topological polar surface area (TPSA) is 68.1 Å². The number of imidazole rings is 1. The van der Waals surface area contributed by atoms with E-state index in [1.165, 1.54) is 11.1 Å². The van der Waals surface area contributed by atoms with Crippen molar-refractivity contribution < 1.29 is 8.42 Å². The molecule has 31 heavy (non-hydrogen) atoms. The molecule has 1 unspecified atom stereocenters. The van der Waals surface area contributed by atoms with Crippen LogP contribution in [0.3, 0.4) is 0 Å². The fourth-order valence-corrected chi connectivity index (χ4v) is 6.54. The second-order valence-corrected chi connectivity index (χ2v) is 10.7. The van der Waals surface area contributed by atoms with Gasteiger partial charge in [0, 0.05) is 49.5 Å². The number of pyridine rings is 1. The summed E-state index contributed by atoms with van der Waals surface area (Å²) in [5.41, 5.74) is 4.62. The Bertz CT molecular complexity index is 1190. The van der Waals surface area contributed by atoms with Gasteiger partial charge >= 0.3 is 0 Å². The van der Waals surface area contributed by atoms with Gasteiger partial charge in [0.05, 0.1) is 4.90 Å². The molecular weight excluding hydrogens is 408 g/mol. The summed E-state index contributed by atoms with van der Waals surface area (Å²) >= 11 is 0. The predicted octanol–water partition coefficient (Wildman–Crippen LogP) is 3.84. The van der Waals surface area contributed by atoms with Crippen LogP contribution in [-0.4, -0.2) is 40.3 Å². The Morgan fingerprint density at radius 2 is 1.87 bits per heavy atom. The summed E-state index contributed by atoms with van der Waals surface area (Å²) in [4.78, 5) is 9.15. The number of aromatic nitrogens is 3. The van der Waals surface area contributed by atoms with Gasteiger partial charge in [-0.1, -0.05) is 6.07 Å². The minimum atomic E-state index is -3.47. The van der Waals surface area contributed by atoms with Crippen LogP contribution in [0.4, 0.5) is 0 Å². The van der Waals surface area contributed by atoms with Crippen LogP contribution >= 0.6 is 0 Å². The zero-order valence-electron chi connectivity index (χ0n) is 17.9. The third-order valence-electron chi connectivity index (χ3n) is 6.62. The summed E-state index contributed by atoms with van der Waals surface area (Å²) < 4.78 is 30.7. The molecule has 3 heterocycles. The maximum absolute atomic E-state index is 13.4. The molecule has 2 aromatic heterocycles. The average Bonchev–Trinajstić information content (AvgIpc) is 3.41. The van der Waals surface area contributed by atoms with Crippen molar-refractivity contribution >= 4 is 10.0 Å². The lowest BCUT2D eigenvalue weighted by Gasteiger charge is -2.32. The molecule has 0 amide bonds. The molecule has 1 aromatic carbocycles. The summed E-state index contributed by atoms with van der Waals surface area (Å²) in [6, 6.07) is 9.63. The van der Waals surface area contributed by atoms with E-state index >= 15 is 0 Å². The van der Waals surface area contributed by atoms with Crippen molar-refractivity contribution in [1.82, 2.24) is 18.8 Å². The molecule has 0 bridgehead atoms. The first-order valence-electron chi connectivity index (χ1n) is 11.1. The normalized spacial score (nSPS) is 19.5. The maximum atomic E-state index is 13.4. The standard InChI is InChI=1S/C24H28N4O2S/c1-18-15-26-24(21-9-11-25-12-10-21)28(18)17-19-4-3-13-27(16-19)31(29,30)23-8-7-20-5-2-6-22(20)14-23/h7-12,14-15,19H,2-6,13,16-17H2,1H3. The molecule has 1 fully saturated rings. The van der Waals surface area contributed by atoms with Gasteiger partial charge < -0.3 is 4.57 Å². The molecule has 1 saturated heterocycles. The zero-order chi connectivity index (χ0) is 21.4. The van der Waals surface area contributed by atoms with Crippen molar-refractivity contribution in [2.24, 2.45) is 5.92 Å². The van der Waals surface area contributed by atoms with E-state index in [2.05, 4.69) is 21.5 Å². The van der Waals surface area contributed by atoms with Gasteiger partial charge in [-0.05, 0) is 80.3 Å². The molecule has 1 atom stereocenters. The lowest BCUT2D eigenvalue weighted by atomic mass is 9.99. The summed E-state index contributed by atoms with van der Waals surface area (Å²) in [5, 5.41) is 0. The van der Waals surface area contributed by atoms with Gasteiger partial charge in [0.1, 0.15) is 5.82 Å². The Labute approximate surface area is 184 Å². The molecule has 7 heteroatoms. The molecule has 0 saturated carbocycles. The molecular formula is C24H28N4O2S. The molecule has 5 rings (SSSR count). The van der Waals surface area contributed by atoms with Crippen LogP contribution in [0.25, 0.3) is 11.4 Å². The Balaban J connectivity index is 1.36. The predicted molar refractivity (Wildman–Crippen MR) is 120 cm³/mol. The van der Waals surface area contributed by atoms with E-state index in [1.54, 1.807) is 22.8 Å². The highest BCUT2D eigenvalue weighted by Gasteiger charge is 2.31. The highest BCUT2D eigenvalue weighted by Crippen LogP contribution is 2.30. The van der Waals surface area contributed by atoms with Crippen LogP contribution in [0.5, 0.6) is 0 Å². The van der Waals surface area contributed by atoms with Gasteiger partial charge in [-0.25, -0.2) is 13.4 Å². The Morgan fingerprint density at radius 3 is 2.71 bits per heavy atom. The number of nitrogens with zero attached hydrogens (tertiary/aromatic N) is 4. The molecule has 0 N–H and O–H groups in total. The number of aryl methyl sites for hydroxylation is 3. The molecule has 1 aliphatic heterocycles. The fraction of sp³-hybridized carbons (Fsp3) is 0.417. The van der Waals surface area contributed by atoms with Crippen LogP contribution in [-0.2, 0) is 29.4 Å². The van der Waals surface area contributed by atoms with Crippen LogP contribution in [0.1, 0.15) is 36.1 Å². The van der Waals surface area contributed by atoms with Crippen molar-refractivity contribution in [1.29, 1.82) is 0 Å². The molecule has 1 aliphatic carbocycles. The van der Waals surface area contributed by atoms with Crippen molar-refractivity contribution in [3.63, 3.8) is 0 Å². The summed E-state index contributed by atoms with van der Waals surface area (Å²) in [6.45, 7) is 3.96. The number of hydrogen-bond donors (Lipinski definition) is 0. The number of rotatable bonds is 5. The number of benzene rings is 1. The van der Waals surface area contributed by atoms with Crippen LogP contribution < -0.4 is 0 Å². The minimum Gasteiger partial charge on any atom is -0.328 e. The van der Waals surface area contributed by atoms with E-state index in [0.717, 1.165) is 55.7 Å². The van der Waals surface area contributed by atoms with E-state index in [9.17, 15) is 8.42 Å². The lowest BCUT2D eigenvalue weighted by Crippen LogP contribution is -2.41. The van der Waals surface area contributed by atoms with E-state index in [0.29, 0.717) is 18.0 Å². The number of sulfonamides is 1. The lowest BCUT2D eigenvalue weighted by molar-refractivity contribution is 0.245. The second-order valence-electron chi connectivity index (χ2n) is 8.73. The number of hydrogen-bond acceptors (Lipinski definition) is 4. The van der Waals surface area contributed by atoms with Crippen molar-refractivity contribution in [2.45, 2.75) is 50.5 Å². The van der Waals surface area contributed by atoms with Gasteiger partial charge in [0.15, 0.2) is 0 Å². The first-order chi connectivity index (χ1) is 15.0. The Kier molecular flexibility index (Phi) is 5.40. The fourth-order valence-electron chi connectivity index (χ4n) is 4.93. The van der Waals surface area contributed by atoms with Crippen LogP contribution in [0.15, 0.2) is 53.8 Å². The third-order valence-corrected chi connectivity index (χ3v) is 8.48.